The molecule has 0 aliphatic rings. The van der Waals surface area contributed by atoms with E-state index >= 15 is 0 Å². The number of benzene rings is 1. The van der Waals surface area contributed by atoms with Crippen LogP contribution >= 0.6 is 0 Å². The van der Waals surface area contributed by atoms with E-state index < -0.39 is 0 Å². The van der Waals surface area contributed by atoms with E-state index in [2.05, 4.69) is 24.3 Å². The molecule has 0 fully saturated rings. The Bertz CT molecular complexity index is 718. The second kappa shape index (κ2) is 7.62. The number of aromatic nitrogens is 2. The van der Waals surface area contributed by atoms with Crippen molar-refractivity contribution in [2.75, 3.05) is 20.6 Å². The molecule has 1 amide bonds. The van der Waals surface area contributed by atoms with Crippen molar-refractivity contribution < 1.29 is 4.79 Å². The molecule has 130 valence electrons. The van der Waals surface area contributed by atoms with Crippen LogP contribution in [0.1, 0.15) is 34.1 Å². The Morgan fingerprint density at radius 2 is 1.88 bits per heavy atom. The maximum absolute atomic E-state index is 12.7. The molecular formula is C19H28N4O. The second-order valence-corrected chi connectivity index (χ2v) is 6.53. The molecule has 0 saturated carbocycles. The minimum Gasteiger partial charge on any atom is -0.353 e. The van der Waals surface area contributed by atoms with Crippen LogP contribution < -0.4 is 5.32 Å². The zero-order valence-electron chi connectivity index (χ0n) is 15.6. The molecule has 1 heterocycles. The SMILES string of the molecule is Cc1ccccc1[C@H](C(=O)NCCn1nc(C)c(C)c1C)N(C)C. The molecule has 0 bridgehead atoms. The Morgan fingerprint density at radius 1 is 1.21 bits per heavy atom. The number of nitrogens with zero attached hydrogens (tertiary/aromatic N) is 3. The summed E-state index contributed by atoms with van der Waals surface area (Å²) in [4.78, 5) is 14.7. The summed E-state index contributed by atoms with van der Waals surface area (Å²) in [5.41, 5.74) is 5.59. The third-order valence-corrected chi connectivity index (χ3v) is 4.61. The zero-order valence-corrected chi connectivity index (χ0v) is 15.6. The highest BCUT2D eigenvalue weighted by Crippen LogP contribution is 2.21. The van der Waals surface area contributed by atoms with E-state index in [0.717, 1.165) is 22.5 Å². The summed E-state index contributed by atoms with van der Waals surface area (Å²) in [6, 6.07) is 7.74. The van der Waals surface area contributed by atoms with E-state index in [1.807, 2.05) is 61.8 Å². The van der Waals surface area contributed by atoms with Crippen molar-refractivity contribution in [1.29, 1.82) is 0 Å². The van der Waals surface area contributed by atoms with Gasteiger partial charge < -0.3 is 5.32 Å². The van der Waals surface area contributed by atoms with Gasteiger partial charge in [-0.05, 0) is 58.5 Å². The van der Waals surface area contributed by atoms with Gasteiger partial charge in [0, 0.05) is 12.2 Å². The summed E-state index contributed by atoms with van der Waals surface area (Å²) in [5, 5.41) is 7.57. The predicted octanol–water partition coefficient (Wildman–Crippen LogP) is 2.54. The molecule has 5 heteroatoms. The average Bonchev–Trinajstić information content (AvgIpc) is 2.76. The lowest BCUT2D eigenvalue weighted by Gasteiger charge is -2.25. The van der Waals surface area contributed by atoms with Crippen LogP contribution in [0.25, 0.3) is 0 Å². The predicted molar refractivity (Wildman–Crippen MR) is 97.1 cm³/mol. The number of carbonyl (C=O) groups is 1. The topological polar surface area (TPSA) is 50.2 Å². The molecule has 2 aromatic rings. The molecule has 0 unspecified atom stereocenters. The van der Waals surface area contributed by atoms with Gasteiger partial charge in [0.2, 0.25) is 5.91 Å². The van der Waals surface area contributed by atoms with E-state index in [9.17, 15) is 4.79 Å². The summed E-state index contributed by atoms with van der Waals surface area (Å²) in [6.45, 7) is 9.44. The standard InChI is InChI=1S/C19H28N4O/c1-13-9-7-8-10-17(13)18(22(5)6)19(24)20-11-12-23-16(4)14(2)15(3)21-23/h7-10,18H,11-12H2,1-6H3,(H,20,24)/t18-/m1/s1. The van der Waals surface area contributed by atoms with Crippen molar-refractivity contribution in [3.05, 3.63) is 52.3 Å². The molecule has 0 aliphatic carbocycles. The highest BCUT2D eigenvalue weighted by atomic mass is 16.2. The van der Waals surface area contributed by atoms with Crippen LogP contribution in [0.3, 0.4) is 0 Å². The van der Waals surface area contributed by atoms with Gasteiger partial charge in [-0.3, -0.25) is 14.4 Å². The first-order chi connectivity index (χ1) is 11.3. The molecule has 0 saturated heterocycles. The second-order valence-electron chi connectivity index (χ2n) is 6.53. The highest BCUT2D eigenvalue weighted by Gasteiger charge is 2.23. The molecule has 1 N–H and O–H groups in total. The van der Waals surface area contributed by atoms with Crippen LogP contribution in [0.5, 0.6) is 0 Å². The number of rotatable bonds is 6. The monoisotopic (exact) mass is 328 g/mol. The third kappa shape index (κ3) is 3.85. The fraction of sp³-hybridized carbons (Fsp3) is 0.474. The van der Waals surface area contributed by atoms with Gasteiger partial charge in [0.1, 0.15) is 6.04 Å². The van der Waals surface area contributed by atoms with Crippen molar-refractivity contribution >= 4 is 5.91 Å². The van der Waals surface area contributed by atoms with E-state index in [-0.39, 0.29) is 11.9 Å². The van der Waals surface area contributed by atoms with Gasteiger partial charge in [0.25, 0.3) is 0 Å². The molecular weight excluding hydrogens is 300 g/mol. The molecule has 1 aromatic carbocycles. The van der Waals surface area contributed by atoms with Crippen LogP contribution in [0.4, 0.5) is 0 Å². The molecule has 1 atom stereocenters. The third-order valence-electron chi connectivity index (χ3n) is 4.61. The van der Waals surface area contributed by atoms with Crippen LogP contribution in [0.15, 0.2) is 24.3 Å². The van der Waals surface area contributed by atoms with Gasteiger partial charge in [-0.2, -0.15) is 5.10 Å². The number of amides is 1. The Morgan fingerprint density at radius 3 is 2.42 bits per heavy atom. The van der Waals surface area contributed by atoms with Crippen molar-refractivity contribution in [3.63, 3.8) is 0 Å². The van der Waals surface area contributed by atoms with Gasteiger partial charge in [-0.25, -0.2) is 0 Å². The molecule has 5 nitrogen and oxygen atoms in total. The van der Waals surface area contributed by atoms with Crippen LogP contribution in [-0.4, -0.2) is 41.2 Å². The Kier molecular flexibility index (Phi) is 5.78. The largest absolute Gasteiger partial charge is 0.353 e. The first-order valence-electron chi connectivity index (χ1n) is 8.33. The first kappa shape index (κ1) is 18.2. The van der Waals surface area contributed by atoms with Crippen molar-refractivity contribution in [2.24, 2.45) is 0 Å². The maximum atomic E-state index is 12.7. The summed E-state index contributed by atoms with van der Waals surface area (Å²) in [7, 11) is 3.86. The van der Waals surface area contributed by atoms with Crippen LogP contribution in [0, 0.1) is 27.7 Å². The number of likely N-dealkylation sites (N-methyl/N-ethyl adjacent to an activating group) is 1. The molecule has 0 spiro atoms. The minimum atomic E-state index is -0.284. The van der Waals surface area contributed by atoms with Gasteiger partial charge in [0.05, 0.1) is 12.2 Å². The lowest BCUT2D eigenvalue weighted by atomic mass is 10.00. The normalized spacial score (nSPS) is 12.5. The van der Waals surface area contributed by atoms with Crippen LogP contribution in [0.2, 0.25) is 0 Å². The summed E-state index contributed by atoms with van der Waals surface area (Å²) in [6.07, 6.45) is 0. The molecule has 1 aromatic heterocycles. The molecule has 2 rings (SSSR count). The van der Waals surface area contributed by atoms with Gasteiger partial charge >= 0.3 is 0 Å². The number of hydrogen-bond acceptors (Lipinski definition) is 3. The van der Waals surface area contributed by atoms with Gasteiger partial charge in [-0.1, -0.05) is 24.3 Å². The number of aryl methyl sites for hydroxylation is 2. The van der Waals surface area contributed by atoms with E-state index in [1.165, 1.54) is 5.56 Å². The average molecular weight is 328 g/mol. The summed E-state index contributed by atoms with van der Waals surface area (Å²) >= 11 is 0. The van der Waals surface area contributed by atoms with E-state index in [0.29, 0.717) is 13.1 Å². The van der Waals surface area contributed by atoms with Crippen molar-refractivity contribution in [2.45, 2.75) is 40.3 Å². The quantitative estimate of drug-likeness (QED) is 0.886. The van der Waals surface area contributed by atoms with Crippen molar-refractivity contribution in [3.8, 4) is 0 Å². The zero-order chi connectivity index (χ0) is 17.9. The highest BCUT2D eigenvalue weighted by molar-refractivity contribution is 5.83. The van der Waals surface area contributed by atoms with Gasteiger partial charge in [-0.15, -0.1) is 0 Å². The fourth-order valence-corrected chi connectivity index (χ4v) is 2.93. The Labute approximate surface area is 144 Å². The Balaban J connectivity index is 2.04. The van der Waals surface area contributed by atoms with E-state index in [1.54, 1.807) is 0 Å². The lowest BCUT2D eigenvalue weighted by Crippen LogP contribution is -2.38. The smallest absolute Gasteiger partial charge is 0.242 e. The summed E-state index contributed by atoms with van der Waals surface area (Å²) in [5.74, 6) is 0.0209. The van der Waals surface area contributed by atoms with Gasteiger partial charge in [0.15, 0.2) is 0 Å². The van der Waals surface area contributed by atoms with E-state index in [4.69, 9.17) is 0 Å². The number of hydrogen-bond donors (Lipinski definition) is 1. The first-order valence-corrected chi connectivity index (χ1v) is 8.33. The number of nitrogens with one attached hydrogen (secondary N) is 1. The number of carbonyl (C=O) groups excluding carboxylic acids is 1. The maximum Gasteiger partial charge on any atom is 0.242 e. The molecule has 0 aliphatic heterocycles. The Hall–Kier alpha value is -2.14. The van der Waals surface area contributed by atoms with Crippen molar-refractivity contribution in [1.82, 2.24) is 20.0 Å². The molecule has 0 radical (unpaired) electrons. The minimum absolute atomic E-state index is 0.0209. The fourth-order valence-electron chi connectivity index (χ4n) is 2.93. The lowest BCUT2D eigenvalue weighted by molar-refractivity contribution is -0.125. The van der Waals surface area contributed by atoms with Crippen LogP contribution in [-0.2, 0) is 11.3 Å². The summed E-state index contributed by atoms with van der Waals surface area (Å²) < 4.78 is 1.96. The molecule has 24 heavy (non-hydrogen) atoms.